The minimum atomic E-state index is 0.0886. The number of rotatable bonds is 5. The molecule has 1 atom stereocenters. The summed E-state index contributed by atoms with van der Waals surface area (Å²) >= 11 is 0. The van der Waals surface area contributed by atoms with Crippen molar-refractivity contribution < 1.29 is 9.21 Å². The van der Waals surface area contributed by atoms with Gasteiger partial charge in [0.15, 0.2) is 0 Å². The van der Waals surface area contributed by atoms with Crippen LogP contribution in [0.4, 0.5) is 5.69 Å². The number of anilines is 1. The van der Waals surface area contributed by atoms with E-state index in [1.54, 1.807) is 18.7 Å². The number of hydrogen-bond acceptors (Lipinski definition) is 4. The molecule has 122 valence electrons. The summed E-state index contributed by atoms with van der Waals surface area (Å²) in [6.07, 6.45) is 9.45. The number of carbonyl (C=O) groups is 1. The molecule has 0 radical (unpaired) electrons. The monoisotopic (exact) mass is 313 g/mol. The number of likely N-dealkylation sites (tertiary alicyclic amines) is 1. The van der Waals surface area contributed by atoms with E-state index in [0.717, 1.165) is 37.3 Å². The molecule has 2 aromatic heterocycles. The molecule has 1 saturated heterocycles. The summed E-state index contributed by atoms with van der Waals surface area (Å²) < 4.78 is 5.30. The first-order valence-electron chi connectivity index (χ1n) is 8.30. The fraction of sp³-hybridized carbons (Fsp3) is 0.444. The Morgan fingerprint density at radius 2 is 2.35 bits per heavy atom. The molecular formula is C18H23N3O2. The van der Waals surface area contributed by atoms with Gasteiger partial charge < -0.3 is 14.6 Å². The van der Waals surface area contributed by atoms with Crippen LogP contribution >= 0.6 is 0 Å². The molecule has 2 aromatic rings. The van der Waals surface area contributed by atoms with E-state index in [0.29, 0.717) is 18.2 Å². The Hall–Kier alpha value is -2.30. The van der Waals surface area contributed by atoms with Crippen molar-refractivity contribution in [2.45, 2.75) is 45.2 Å². The van der Waals surface area contributed by atoms with E-state index in [2.05, 4.69) is 17.2 Å². The van der Waals surface area contributed by atoms with Gasteiger partial charge in [-0.15, -0.1) is 0 Å². The Balaban J connectivity index is 1.69. The molecule has 0 aromatic carbocycles. The normalized spacial score (nSPS) is 18.0. The molecule has 0 bridgehead atoms. The molecule has 1 N–H and O–H groups in total. The maximum atomic E-state index is 12.8. The Morgan fingerprint density at radius 3 is 3.13 bits per heavy atom. The summed E-state index contributed by atoms with van der Waals surface area (Å²) in [4.78, 5) is 19.0. The third-order valence-electron chi connectivity index (χ3n) is 4.39. The van der Waals surface area contributed by atoms with Gasteiger partial charge >= 0.3 is 0 Å². The van der Waals surface area contributed by atoms with Gasteiger partial charge in [0.25, 0.3) is 5.91 Å². The maximum absolute atomic E-state index is 12.8. The van der Waals surface area contributed by atoms with Crippen molar-refractivity contribution in [2.75, 3.05) is 11.9 Å². The van der Waals surface area contributed by atoms with Crippen molar-refractivity contribution in [1.82, 2.24) is 9.88 Å². The molecule has 3 heterocycles. The number of amides is 1. The van der Waals surface area contributed by atoms with Crippen LogP contribution in [-0.2, 0) is 6.54 Å². The highest BCUT2D eigenvalue weighted by atomic mass is 16.3. The Morgan fingerprint density at radius 1 is 1.43 bits per heavy atom. The number of nitrogens with zero attached hydrogens (tertiary/aromatic N) is 2. The lowest BCUT2D eigenvalue weighted by Crippen LogP contribution is -2.43. The van der Waals surface area contributed by atoms with Crippen LogP contribution in [0.2, 0.25) is 0 Å². The average Bonchev–Trinajstić information content (AvgIpc) is 3.13. The van der Waals surface area contributed by atoms with E-state index in [-0.39, 0.29) is 5.91 Å². The second kappa shape index (κ2) is 7.31. The van der Waals surface area contributed by atoms with Crippen molar-refractivity contribution in [3.63, 3.8) is 0 Å². The first-order valence-corrected chi connectivity index (χ1v) is 8.30. The first kappa shape index (κ1) is 15.6. The molecule has 1 amide bonds. The lowest BCUT2D eigenvalue weighted by atomic mass is 9.99. The largest absolute Gasteiger partial charge is 0.467 e. The van der Waals surface area contributed by atoms with E-state index in [1.807, 2.05) is 23.1 Å². The molecule has 0 aliphatic carbocycles. The van der Waals surface area contributed by atoms with Crippen LogP contribution < -0.4 is 5.32 Å². The van der Waals surface area contributed by atoms with Gasteiger partial charge in [-0.3, -0.25) is 9.78 Å². The predicted octanol–water partition coefficient (Wildman–Crippen LogP) is 3.69. The summed E-state index contributed by atoms with van der Waals surface area (Å²) in [5.74, 6) is 0.939. The van der Waals surface area contributed by atoms with Crippen LogP contribution in [0, 0.1) is 0 Å². The zero-order valence-electron chi connectivity index (χ0n) is 13.5. The van der Waals surface area contributed by atoms with Gasteiger partial charge in [-0.05, 0) is 43.9 Å². The summed E-state index contributed by atoms with van der Waals surface area (Å²) in [6.45, 7) is 3.57. The number of hydrogen-bond donors (Lipinski definition) is 1. The van der Waals surface area contributed by atoms with Gasteiger partial charge in [-0.25, -0.2) is 0 Å². The highest BCUT2D eigenvalue weighted by molar-refractivity contribution is 5.95. The smallest absolute Gasteiger partial charge is 0.255 e. The van der Waals surface area contributed by atoms with Crippen LogP contribution in [0.15, 0.2) is 41.3 Å². The third kappa shape index (κ3) is 3.73. The average molecular weight is 313 g/mol. The molecular weight excluding hydrogens is 290 g/mol. The minimum absolute atomic E-state index is 0.0886. The summed E-state index contributed by atoms with van der Waals surface area (Å²) in [5.41, 5.74) is 1.48. The number of carbonyl (C=O) groups excluding carboxylic acids is 1. The summed E-state index contributed by atoms with van der Waals surface area (Å²) in [7, 11) is 0. The van der Waals surface area contributed by atoms with E-state index in [4.69, 9.17) is 4.42 Å². The highest BCUT2D eigenvalue weighted by Crippen LogP contribution is 2.22. The molecule has 1 fully saturated rings. The Kier molecular flexibility index (Phi) is 4.95. The zero-order chi connectivity index (χ0) is 16.1. The van der Waals surface area contributed by atoms with Gasteiger partial charge in [0, 0.05) is 25.0 Å². The summed E-state index contributed by atoms with van der Waals surface area (Å²) in [5, 5.41) is 3.24. The number of aromatic nitrogens is 1. The van der Waals surface area contributed by atoms with Crippen molar-refractivity contribution in [3.8, 4) is 0 Å². The number of furan rings is 1. The quantitative estimate of drug-likeness (QED) is 0.914. The molecule has 3 rings (SSSR count). The Labute approximate surface area is 136 Å². The second-order valence-electron chi connectivity index (χ2n) is 5.95. The standard InChI is InChI=1S/C18H23N3O2/c1-2-16-6-3-4-8-21(16)18(22)14-10-15(12-19-11-14)20-13-17-7-5-9-23-17/h5,7,9-12,16,20H,2-4,6,8,13H2,1H3. The molecule has 23 heavy (non-hydrogen) atoms. The zero-order valence-corrected chi connectivity index (χ0v) is 13.5. The molecule has 0 saturated carbocycles. The van der Waals surface area contributed by atoms with Gasteiger partial charge in [-0.1, -0.05) is 6.92 Å². The van der Waals surface area contributed by atoms with Crippen molar-refractivity contribution in [3.05, 3.63) is 48.2 Å². The van der Waals surface area contributed by atoms with Crippen molar-refractivity contribution >= 4 is 11.6 Å². The SMILES string of the molecule is CCC1CCCCN1C(=O)c1cncc(NCc2ccco2)c1. The van der Waals surface area contributed by atoms with E-state index in [1.165, 1.54) is 6.42 Å². The van der Waals surface area contributed by atoms with Crippen LogP contribution in [0.3, 0.4) is 0 Å². The Bertz CT molecular complexity index is 639. The van der Waals surface area contributed by atoms with E-state index in [9.17, 15) is 4.79 Å². The fourth-order valence-electron chi connectivity index (χ4n) is 3.11. The van der Waals surface area contributed by atoms with Crippen LogP contribution in [0.1, 0.15) is 48.7 Å². The number of piperidine rings is 1. The minimum Gasteiger partial charge on any atom is -0.467 e. The lowest BCUT2D eigenvalue weighted by molar-refractivity contribution is 0.0607. The van der Waals surface area contributed by atoms with Crippen LogP contribution in [-0.4, -0.2) is 28.4 Å². The van der Waals surface area contributed by atoms with Gasteiger partial charge in [0.1, 0.15) is 5.76 Å². The number of pyridine rings is 1. The topological polar surface area (TPSA) is 58.4 Å². The van der Waals surface area contributed by atoms with E-state index >= 15 is 0 Å². The first-order chi connectivity index (χ1) is 11.3. The van der Waals surface area contributed by atoms with Gasteiger partial charge in [-0.2, -0.15) is 0 Å². The van der Waals surface area contributed by atoms with Gasteiger partial charge in [0.2, 0.25) is 0 Å². The highest BCUT2D eigenvalue weighted by Gasteiger charge is 2.26. The van der Waals surface area contributed by atoms with Crippen molar-refractivity contribution in [2.24, 2.45) is 0 Å². The van der Waals surface area contributed by atoms with Crippen molar-refractivity contribution in [1.29, 1.82) is 0 Å². The molecule has 5 heteroatoms. The molecule has 0 spiro atoms. The number of nitrogens with one attached hydrogen (secondary N) is 1. The maximum Gasteiger partial charge on any atom is 0.255 e. The predicted molar refractivity (Wildman–Crippen MR) is 89.2 cm³/mol. The summed E-state index contributed by atoms with van der Waals surface area (Å²) in [6, 6.07) is 6.00. The lowest BCUT2D eigenvalue weighted by Gasteiger charge is -2.35. The van der Waals surface area contributed by atoms with Crippen LogP contribution in [0.5, 0.6) is 0 Å². The third-order valence-corrected chi connectivity index (χ3v) is 4.39. The fourth-order valence-corrected chi connectivity index (χ4v) is 3.11. The molecule has 1 aliphatic heterocycles. The second-order valence-corrected chi connectivity index (χ2v) is 5.95. The molecule has 1 unspecified atom stereocenters. The molecule has 5 nitrogen and oxygen atoms in total. The molecule has 1 aliphatic rings. The van der Waals surface area contributed by atoms with Crippen LogP contribution in [0.25, 0.3) is 0 Å². The van der Waals surface area contributed by atoms with E-state index < -0.39 is 0 Å². The van der Waals surface area contributed by atoms with Gasteiger partial charge in [0.05, 0.1) is 24.1 Å².